The second-order valence-corrected chi connectivity index (χ2v) is 13.4. The minimum absolute atomic E-state index is 0.0929. The van der Waals surface area contributed by atoms with Crippen molar-refractivity contribution in [1.29, 1.82) is 0 Å². The third-order valence-corrected chi connectivity index (χ3v) is 9.12. The number of amidine groups is 1. The van der Waals surface area contributed by atoms with Gasteiger partial charge in [0.05, 0.1) is 49.7 Å². The van der Waals surface area contributed by atoms with Crippen molar-refractivity contribution in [2.24, 2.45) is 15.0 Å². The van der Waals surface area contributed by atoms with Gasteiger partial charge in [0, 0.05) is 48.5 Å². The molecule has 4 aromatic rings. The van der Waals surface area contributed by atoms with E-state index in [1.165, 1.54) is 26.4 Å². The van der Waals surface area contributed by atoms with E-state index in [2.05, 4.69) is 30.0 Å². The van der Waals surface area contributed by atoms with Crippen LogP contribution in [0.4, 0.5) is 14.5 Å². The van der Waals surface area contributed by atoms with Gasteiger partial charge in [-0.3, -0.25) is 39.3 Å². The second kappa shape index (κ2) is 19.0. The number of rotatable bonds is 10. The maximum absolute atomic E-state index is 14.4. The smallest absolute Gasteiger partial charge is 0.305 e. The van der Waals surface area contributed by atoms with Crippen molar-refractivity contribution in [3.8, 4) is 0 Å². The Kier molecular flexibility index (Phi) is 14.0. The largest absolute Gasteiger partial charge is 0.469 e. The molecular formula is C42H44F2N6O6. The first-order valence-corrected chi connectivity index (χ1v) is 18.1. The van der Waals surface area contributed by atoms with Crippen molar-refractivity contribution >= 4 is 40.7 Å². The number of aliphatic hydroxyl groups excluding tert-OH is 1. The Balaban J connectivity index is 0.000000216. The Morgan fingerprint density at radius 3 is 1.93 bits per heavy atom. The van der Waals surface area contributed by atoms with Gasteiger partial charge in [0.2, 0.25) is 0 Å². The molecule has 2 aromatic heterocycles. The molecule has 292 valence electrons. The zero-order chi connectivity index (χ0) is 40.4. The van der Waals surface area contributed by atoms with E-state index >= 15 is 0 Å². The standard InChI is InChI=1S/C22H25FN4O3.C20H19FN2O3/c1-13-10-19-15(11-16(13)23)21(17-6-4-5-9-24-17)26-18(7-8-20(29)30-3)22(27-19)25-12-14(2)28;1-12-9-13-10-18(24)16(6-7-19(25)26-2)23-20(14(13)11-15(12)21)17-5-3-4-8-22-17/h4-6,9-11,14,18,28H,7-8,12H2,1-3H3,(H,25,27);3-5,8-9,11,16H,6-7,10H2,1-2H3/t14-,18+;16-/m10/s1. The summed E-state index contributed by atoms with van der Waals surface area (Å²) in [5, 5.41) is 12.9. The fraction of sp³-hybridized carbons (Fsp3) is 0.333. The summed E-state index contributed by atoms with van der Waals surface area (Å²) < 4.78 is 38.1. The first-order valence-electron chi connectivity index (χ1n) is 18.1. The molecule has 2 aliphatic rings. The topological polar surface area (TPSA) is 165 Å². The molecule has 6 rings (SSSR count). The molecule has 0 saturated carbocycles. The number of benzodiazepines with no additional fused rings is 1. The van der Waals surface area contributed by atoms with Crippen LogP contribution < -0.4 is 5.32 Å². The van der Waals surface area contributed by atoms with E-state index in [0.29, 0.717) is 63.0 Å². The average Bonchev–Trinajstić information content (AvgIpc) is 3.43. The number of anilines is 1. The van der Waals surface area contributed by atoms with Crippen LogP contribution in [-0.4, -0.2) is 89.0 Å². The van der Waals surface area contributed by atoms with Crippen LogP contribution in [0.3, 0.4) is 0 Å². The predicted molar refractivity (Wildman–Crippen MR) is 208 cm³/mol. The summed E-state index contributed by atoms with van der Waals surface area (Å²) in [5.41, 5.74) is 5.58. The number of Topliss-reactive ketones (excluding diaryl/α,β-unsaturated/α-hetero) is 1. The minimum Gasteiger partial charge on any atom is -0.469 e. The molecule has 0 saturated heterocycles. The summed E-state index contributed by atoms with van der Waals surface area (Å²) in [6, 6.07) is 15.8. The summed E-state index contributed by atoms with van der Waals surface area (Å²) in [4.78, 5) is 58.5. The number of ether oxygens (including phenoxy) is 2. The predicted octanol–water partition coefficient (Wildman–Crippen LogP) is 5.71. The third-order valence-electron chi connectivity index (χ3n) is 9.12. The molecule has 0 bridgehead atoms. The Morgan fingerprint density at radius 2 is 1.38 bits per heavy atom. The summed E-state index contributed by atoms with van der Waals surface area (Å²) in [6.45, 7) is 5.15. The number of aliphatic imine (C=N–C) groups is 3. The molecule has 4 heterocycles. The van der Waals surface area contributed by atoms with E-state index in [0.717, 1.165) is 5.56 Å². The van der Waals surface area contributed by atoms with Crippen molar-refractivity contribution < 1.29 is 37.7 Å². The highest BCUT2D eigenvalue weighted by molar-refractivity contribution is 6.19. The van der Waals surface area contributed by atoms with E-state index in [1.54, 1.807) is 69.6 Å². The lowest BCUT2D eigenvalue weighted by molar-refractivity contribution is -0.141. The van der Waals surface area contributed by atoms with Crippen molar-refractivity contribution in [2.45, 2.75) is 71.1 Å². The van der Waals surface area contributed by atoms with Gasteiger partial charge in [-0.15, -0.1) is 0 Å². The van der Waals surface area contributed by atoms with Gasteiger partial charge >= 0.3 is 11.9 Å². The monoisotopic (exact) mass is 766 g/mol. The normalized spacial score (nSPS) is 17.4. The number of carbonyl (C=O) groups excluding carboxylic acids is 3. The molecule has 0 aliphatic carbocycles. The third kappa shape index (κ3) is 10.4. The fourth-order valence-electron chi connectivity index (χ4n) is 6.13. The van der Waals surface area contributed by atoms with E-state index in [4.69, 9.17) is 9.73 Å². The van der Waals surface area contributed by atoms with Crippen LogP contribution in [0, 0.1) is 25.5 Å². The van der Waals surface area contributed by atoms with Gasteiger partial charge in [0.25, 0.3) is 0 Å². The van der Waals surface area contributed by atoms with Crippen LogP contribution in [0.25, 0.3) is 0 Å². The number of nitrogens with one attached hydrogen (secondary N) is 1. The van der Waals surface area contributed by atoms with Gasteiger partial charge in [-0.25, -0.2) is 8.78 Å². The second-order valence-electron chi connectivity index (χ2n) is 13.4. The van der Waals surface area contributed by atoms with Crippen molar-refractivity contribution in [3.05, 3.63) is 124 Å². The molecule has 0 fully saturated rings. The number of aliphatic hydroxyl groups is 1. The van der Waals surface area contributed by atoms with Crippen molar-refractivity contribution in [2.75, 3.05) is 26.1 Å². The molecule has 0 radical (unpaired) electrons. The number of hydrogen-bond donors (Lipinski definition) is 2. The minimum atomic E-state index is -0.693. The summed E-state index contributed by atoms with van der Waals surface area (Å²) >= 11 is 0. The summed E-state index contributed by atoms with van der Waals surface area (Å²) in [5.74, 6) is -1.06. The number of nitrogens with zero attached hydrogens (tertiary/aromatic N) is 5. The van der Waals surface area contributed by atoms with E-state index in [9.17, 15) is 28.3 Å². The maximum atomic E-state index is 14.4. The number of halogens is 2. The SMILES string of the molecule is COC(=O)CC[C@@H]1N=C(c2ccccn2)c2cc(F)c(C)cc2CC1=O.COC(=O)CC[C@@H]1N=C(c2ccccn2)c2cc(F)c(C)cc2NC1=NC[C@@H](C)O. The zero-order valence-corrected chi connectivity index (χ0v) is 31.9. The van der Waals surface area contributed by atoms with E-state index in [-0.39, 0.29) is 55.6 Å². The first-order chi connectivity index (χ1) is 26.9. The molecule has 3 atom stereocenters. The van der Waals surface area contributed by atoms with Crippen molar-refractivity contribution in [1.82, 2.24) is 9.97 Å². The summed E-state index contributed by atoms with van der Waals surface area (Å²) in [6.07, 6.45) is 3.58. The molecule has 0 unspecified atom stereocenters. The first kappa shape index (κ1) is 41.1. The van der Waals surface area contributed by atoms with Crippen LogP contribution in [0.1, 0.15) is 71.8 Å². The number of pyridine rings is 2. The Hall–Kier alpha value is -6.02. The van der Waals surface area contributed by atoms with Crippen LogP contribution in [0.15, 0.2) is 88.0 Å². The van der Waals surface area contributed by atoms with E-state index < -0.39 is 24.2 Å². The Labute approximate surface area is 323 Å². The average molecular weight is 767 g/mol. The number of hydrogen-bond acceptors (Lipinski definition) is 11. The van der Waals surface area contributed by atoms with Crippen molar-refractivity contribution in [3.63, 3.8) is 0 Å². The van der Waals surface area contributed by atoms with E-state index in [1.807, 2.05) is 12.1 Å². The molecular weight excluding hydrogens is 722 g/mol. The van der Waals surface area contributed by atoms with Gasteiger partial charge in [-0.1, -0.05) is 18.2 Å². The van der Waals surface area contributed by atoms with Gasteiger partial charge < -0.3 is 19.9 Å². The number of aryl methyl sites for hydroxylation is 2. The lowest BCUT2D eigenvalue weighted by Gasteiger charge is -2.16. The molecule has 56 heavy (non-hydrogen) atoms. The van der Waals surface area contributed by atoms with Gasteiger partial charge in [-0.2, -0.15) is 0 Å². The number of carbonyl (C=O) groups is 3. The number of ketones is 1. The fourth-order valence-corrected chi connectivity index (χ4v) is 6.13. The van der Waals surface area contributed by atoms with Gasteiger partial charge in [-0.05, 0) is 92.8 Å². The molecule has 0 spiro atoms. The summed E-state index contributed by atoms with van der Waals surface area (Å²) in [7, 11) is 2.64. The highest BCUT2D eigenvalue weighted by Crippen LogP contribution is 2.29. The highest BCUT2D eigenvalue weighted by atomic mass is 19.1. The van der Waals surface area contributed by atoms with Crippen LogP contribution in [0.5, 0.6) is 0 Å². The maximum Gasteiger partial charge on any atom is 0.305 e. The number of benzene rings is 2. The molecule has 12 nitrogen and oxygen atoms in total. The zero-order valence-electron chi connectivity index (χ0n) is 31.9. The lowest BCUT2D eigenvalue weighted by atomic mass is 9.95. The Bertz CT molecular complexity index is 2160. The number of methoxy groups -OCH3 is 2. The quantitative estimate of drug-likeness (QED) is 0.193. The molecule has 0 amide bonds. The lowest BCUT2D eigenvalue weighted by Crippen LogP contribution is -2.28. The number of esters is 2. The van der Waals surface area contributed by atoms with Gasteiger partial charge in [0.1, 0.15) is 29.6 Å². The van der Waals surface area contributed by atoms with Crippen LogP contribution in [-0.2, 0) is 30.3 Å². The number of fused-ring (bicyclic) bond motifs is 2. The van der Waals surface area contributed by atoms with Gasteiger partial charge in [0.15, 0.2) is 5.78 Å². The van der Waals surface area contributed by atoms with Crippen LogP contribution in [0.2, 0.25) is 0 Å². The highest BCUT2D eigenvalue weighted by Gasteiger charge is 2.29. The molecule has 14 heteroatoms. The molecule has 2 aliphatic heterocycles. The Morgan fingerprint density at radius 1 is 0.839 bits per heavy atom. The molecule has 2 aromatic carbocycles. The molecule has 2 N–H and O–H groups in total. The number of aromatic nitrogens is 2. The van der Waals surface area contributed by atoms with Crippen LogP contribution >= 0.6 is 0 Å².